The van der Waals surface area contributed by atoms with Crippen molar-refractivity contribution in [1.82, 2.24) is 0 Å². The molecule has 1 aromatic rings. The highest BCUT2D eigenvalue weighted by Gasteiger charge is 2.31. The van der Waals surface area contributed by atoms with E-state index in [0.717, 1.165) is 19.4 Å². The predicted molar refractivity (Wildman–Crippen MR) is 86.3 cm³/mol. The molecule has 0 amide bonds. The van der Waals surface area contributed by atoms with Crippen LogP contribution in [0, 0.1) is 10.1 Å². The van der Waals surface area contributed by atoms with Crippen molar-refractivity contribution in [2.45, 2.75) is 36.9 Å². The number of carbonyl (C=O) groups is 1. The van der Waals surface area contributed by atoms with E-state index < -0.39 is 4.92 Å². The third-order valence-corrected chi connectivity index (χ3v) is 5.57. The number of nitrogens with one attached hydrogen (secondary N) is 1. The summed E-state index contributed by atoms with van der Waals surface area (Å²) in [5.41, 5.74) is 0.778. The van der Waals surface area contributed by atoms with Crippen molar-refractivity contribution in [2.75, 3.05) is 18.1 Å². The minimum atomic E-state index is -0.442. The number of hydrogen-bond donors (Lipinski definition) is 1. The average Bonchev–Trinajstić information content (AvgIpc) is 2.53. The van der Waals surface area contributed by atoms with E-state index in [9.17, 15) is 14.9 Å². The third-order valence-electron chi connectivity index (χ3n) is 4.15. The van der Waals surface area contributed by atoms with Gasteiger partial charge in [-0.1, -0.05) is 19.3 Å². The number of anilines is 1. The molecule has 1 aliphatic carbocycles. The van der Waals surface area contributed by atoms with Crippen molar-refractivity contribution < 1.29 is 9.72 Å². The van der Waals surface area contributed by atoms with E-state index in [2.05, 4.69) is 11.6 Å². The lowest BCUT2D eigenvalue weighted by molar-refractivity contribution is -0.384. The highest BCUT2D eigenvalue weighted by molar-refractivity contribution is 8.00. The van der Waals surface area contributed by atoms with Gasteiger partial charge in [0.15, 0.2) is 0 Å². The molecule has 5 nitrogen and oxygen atoms in total. The van der Waals surface area contributed by atoms with E-state index in [0.29, 0.717) is 17.5 Å². The molecule has 0 saturated heterocycles. The van der Waals surface area contributed by atoms with Gasteiger partial charge in [0, 0.05) is 22.9 Å². The van der Waals surface area contributed by atoms with Crippen LogP contribution in [0.25, 0.3) is 0 Å². The van der Waals surface area contributed by atoms with E-state index >= 15 is 0 Å². The topological polar surface area (TPSA) is 72.2 Å². The molecule has 21 heavy (non-hydrogen) atoms. The van der Waals surface area contributed by atoms with Gasteiger partial charge in [0.25, 0.3) is 5.69 Å². The van der Waals surface area contributed by atoms with Crippen LogP contribution >= 0.6 is 11.8 Å². The molecule has 0 unspecified atom stereocenters. The second kappa shape index (κ2) is 6.93. The standard InChI is InChI=1S/C15H20N2O3S/c1-21-15(7-3-2-4-8-15)11-16-13-6-5-12(10-18)9-14(13)17(19)20/h5-6,9-10,16H,2-4,7-8,11H2,1H3. The summed E-state index contributed by atoms with van der Waals surface area (Å²) in [5.74, 6) is 0. The van der Waals surface area contributed by atoms with Gasteiger partial charge < -0.3 is 5.32 Å². The van der Waals surface area contributed by atoms with Gasteiger partial charge in [-0.2, -0.15) is 11.8 Å². The van der Waals surface area contributed by atoms with Gasteiger partial charge in [-0.25, -0.2) is 0 Å². The first-order valence-electron chi connectivity index (χ1n) is 7.13. The number of nitro benzene ring substituents is 1. The molecular formula is C15H20N2O3S. The largest absolute Gasteiger partial charge is 0.378 e. The fourth-order valence-electron chi connectivity index (χ4n) is 2.83. The maximum absolute atomic E-state index is 11.1. The molecule has 1 saturated carbocycles. The number of aldehydes is 1. The van der Waals surface area contributed by atoms with E-state index in [1.165, 1.54) is 25.3 Å². The highest BCUT2D eigenvalue weighted by atomic mass is 32.2. The van der Waals surface area contributed by atoms with Crippen LogP contribution in [-0.4, -0.2) is 28.8 Å². The molecule has 0 aliphatic heterocycles. The zero-order valence-corrected chi connectivity index (χ0v) is 12.9. The van der Waals surface area contributed by atoms with Crippen LogP contribution in [0.2, 0.25) is 0 Å². The predicted octanol–water partition coefficient (Wildman–Crippen LogP) is 3.89. The van der Waals surface area contributed by atoms with Crippen LogP contribution in [0.5, 0.6) is 0 Å². The molecular weight excluding hydrogens is 288 g/mol. The molecule has 0 spiro atoms. The van der Waals surface area contributed by atoms with Gasteiger partial charge in [0.1, 0.15) is 12.0 Å². The maximum Gasteiger partial charge on any atom is 0.293 e. The summed E-state index contributed by atoms with van der Waals surface area (Å²) in [5, 5.41) is 14.4. The molecule has 6 heteroatoms. The van der Waals surface area contributed by atoms with Gasteiger partial charge in [-0.15, -0.1) is 0 Å². The maximum atomic E-state index is 11.1. The molecule has 1 fully saturated rings. The minimum absolute atomic E-state index is 0.0355. The van der Waals surface area contributed by atoms with Crippen LogP contribution in [-0.2, 0) is 0 Å². The molecule has 0 bridgehead atoms. The first-order chi connectivity index (χ1) is 10.1. The smallest absolute Gasteiger partial charge is 0.293 e. The number of benzene rings is 1. The Hall–Kier alpha value is -1.56. The summed E-state index contributed by atoms with van der Waals surface area (Å²) in [6.45, 7) is 0.718. The SMILES string of the molecule is CSC1(CNc2ccc(C=O)cc2[N+](=O)[O-])CCCCC1. The molecule has 114 valence electrons. The van der Waals surface area contributed by atoms with Gasteiger partial charge >= 0.3 is 0 Å². The zero-order valence-electron chi connectivity index (χ0n) is 12.1. The van der Waals surface area contributed by atoms with Crippen LogP contribution in [0.1, 0.15) is 42.5 Å². The second-order valence-electron chi connectivity index (χ2n) is 5.45. The number of nitro groups is 1. The van der Waals surface area contributed by atoms with Gasteiger partial charge in [-0.05, 0) is 31.2 Å². The fourth-order valence-corrected chi connectivity index (χ4v) is 3.74. The lowest BCUT2D eigenvalue weighted by Crippen LogP contribution is -2.35. The van der Waals surface area contributed by atoms with Gasteiger partial charge in [0.05, 0.1) is 4.92 Å². The second-order valence-corrected chi connectivity index (χ2v) is 6.73. The molecule has 0 radical (unpaired) electrons. The average molecular weight is 308 g/mol. The van der Waals surface area contributed by atoms with Crippen molar-refractivity contribution in [2.24, 2.45) is 0 Å². The minimum Gasteiger partial charge on any atom is -0.378 e. The quantitative estimate of drug-likeness (QED) is 0.490. The van der Waals surface area contributed by atoms with Gasteiger partial charge in [-0.3, -0.25) is 14.9 Å². The summed E-state index contributed by atoms with van der Waals surface area (Å²) in [4.78, 5) is 21.4. The number of hydrogen-bond acceptors (Lipinski definition) is 5. The Morgan fingerprint density at radius 2 is 2.10 bits per heavy atom. The van der Waals surface area contributed by atoms with Crippen molar-refractivity contribution in [3.63, 3.8) is 0 Å². The number of nitrogens with zero attached hydrogens (tertiary/aromatic N) is 1. The Bertz CT molecular complexity index is 528. The van der Waals surface area contributed by atoms with Crippen molar-refractivity contribution in [3.8, 4) is 0 Å². The summed E-state index contributed by atoms with van der Waals surface area (Å²) in [6.07, 6.45) is 8.72. The summed E-state index contributed by atoms with van der Waals surface area (Å²) in [7, 11) is 0. The van der Waals surface area contributed by atoms with Crippen LogP contribution in [0.4, 0.5) is 11.4 Å². The van der Waals surface area contributed by atoms with Crippen LogP contribution in [0.15, 0.2) is 18.2 Å². The highest BCUT2D eigenvalue weighted by Crippen LogP contribution is 2.39. The van der Waals surface area contributed by atoms with Crippen molar-refractivity contribution in [1.29, 1.82) is 0 Å². The monoisotopic (exact) mass is 308 g/mol. The van der Waals surface area contributed by atoms with E-state index in [-0.39, 0.29) is 10.4 Å². The lowest BCUT2D eigenvalue weighted by atomic mass is 9.88. The normalized spacial score (nSPS) is 17.2. The van der Waals surface area contributed by atoms with Crippen LogP contribution < -0.4 is 5.32 Å². The van der Waals surface area contributed by atoms with E-state index in [4.69, 9.17) is 0 Å². The molecule has 2 rings (SSSR count). The van der Waals surface area contributed by atoms with Crippen molar-refractivity contribution in [3.05, 3.63) is 33.9 Å². The Morgan fingerprint density at radius 1 is 1.38 bits per heavy atom. The Morgan fingerprint density at radius 3 is 2.67 bits per heavy atom. The number of thioether (sulfide) groups is 1. The Kier molecular flexibility index (Phi) is 5.22. The molecule has 1 aromatic carbocycles. The Balaban J connectivity index is 2.15. The summed E-state index contributed by atoms with van der Waals surface area (Å²) in [6, 6.07) is 4.55. The van der Waals surface area contributed by atoms with E-state index in [1.54, 1.807) is 12.1 Å². The summed E-state index contributed by atoms with van der Waals surface area (Å²) < 4.78 is 0.162. The first kappa shape index (κ1) is 15.8. The molecule has 1 aliphatic rings. The van der Waals surface area contributed by atoms with Gasteiger partial charge in [0.2, 0.25) is 0 Å². The molecule has 0 heterocycles. The molecule has 0 atom stereocenters. The molecule has 0 aromatic heterocycles. The lowest BCUT2D eigenvalue weighted by Gasteiger charge is -2.36. The summed E-state index contributed by atoms with van der Waals surface area (Å²) >= 11 is 1.85. The van der Waals surface area contributed by atoms with Crippen LogP contribution in [0.3, 0.4) is 0 Å². The molecule has 1 N–H and O–H groups in total. The Labute approximate surface area is 128 Å². The van der Waals surface area contributed by atoms with Crippen molar-refractivity contribution >= 4 is 29.4 Å². The first-order valence-corrected chi connectivity index (χ1v) is 8.35. The fraction of sp³-hybridized carbons (Fsp3) is 0.533. The zero-order chi connectivity index (χ0) is 15.3. The van der Waals surface area contributed by atoms with E-state index in [1.807, 2.05) is 11.8 Å². The number of carbonyl (C=O) groups excluding carboxylic acids is 1. The number of rotatable bonds is 6. The third kappa shape index (κ3) is 3.75.